The minimum Gasteiger partial charge on any atom is -0.325 e. The Hall–Kier alpha value is -2.38. The Morgan fingerprint density at radius 3 is 2.75 bits per heavy atom. The predicted molar refractivity (Wildman–Crippen MR) is 74.9 cm³/mol. The Kier molecular flexibility index (Phi) is 4.34. The van der Waals surface area contributed by atoms with Crippen LogP contribution >= 0.6 is 11.6 Å². The highest BCUT2D eigenvalue weighted by Gasteiger charge is 2.11. The molecule has 5 heteroatoms. The van der Waals surface area contributed by atoms with Gasteiger partial charge < -0.3 is 5.32 Å². The van der Waals surface area contributed by atoms with Crippen molar-refractivity contribution in [1.82, 2.24) is 0 Å². The van der Waals surface area contributed by atoms with Gasteiger partial charge in [0.2, 0.25) is 5.91 Å². The lowest BCUT2D eigenvalue weighted by Crippen LogP contribution is -2.15. The Labute approximate surface area is 120 Å². The molecule has 0 unspecified atom stereocenters. The van der Waals surface area contributed by atoms with Gasteiger partial charge in [-0.25, -0.2) is 4.39 Å². The van der Waals surface area contributed by atoms with Gasteiger partial charge in [-0.3, -0.25) is 4.79 Å². The number of nitriles is 1. The molecular weight excluding hydrogens is 279 g/mol. The fourth-order valence-electron chi connectivity index (χ4n) is 1.77. The first-order valence-corrected chi connectivity index (χ1v) is 6.21. The maximum absolute atomic E-state index is 13.4. The lowest BCUT2D eigenvalue weighted by atomic mass is 10.1. The Bertz CT molecular complexity index is 695. The highest BCUT2D eigenvalue weighted by molar-refractivity contribution is 6.30. The fraction of sp³-hybridized carbons (Fsp3) is 0.0667. The van der Waals surface area contributed by atoms with E-state index in [0.29, 0.717) is 5.02 Å². The number of benzene rings is 2. The molecule has 0 aliphatic rings. The Morgan fingerprint density at radius 1 is 1.30 bits per heavy atom. The first-order chi connectivity index (χ1) is 9.60. The van der Waals surface area contributed by atoms with E-state index < -0.39 is 5.82 Å². The summed E-state index contributed by atoms with van der Waals surface area (Å²) in [5.41, 5.74) is 0.733. The van der Waals surface area contributed by atoms with Crippen LogP contribution in [0.4, 0.5) is 10.1 Å². The van der Waals surface area contributed by atoms with Gasteiger partial charge >= 0.3 is 0 Å². The largest absolute Gasteiger partial charge is 0.325 e. The minimum atomic E-state index is -0.659. The summed E-state index contributed by atoms with van der Waals surface area (Å²) < 4.78 is 13.4. The second-order valence-electron chi connectivity index (χ2n) is 4.13. The summed E-state index contributed by atoms with van der Waals surface area (Å²) in [6.07, 6.45) is 0.0991. The predicted octanol–water partition coefficient (Wildman–Crippen LogP) is 3.53. The minimum absolute atomic E-state index is 0.0991. The number of halogens is 2. The van der Waals surface area contributed by atoms with Crippen molar-refractivity contribution in [3.63, 3.8) is 0 Å². The van der Waals surface area contributed by atoms with Crippen LogP contribution in [0, 0.1) is 17.1 Å². The number of hydrogen-bond acceptors (Lipinski definition) is 2. The monoisotopic (exact) mass is 288 g/mol. The van der Waals surface area contributed by atoms with E-state index in [9.17, 15) is 9.18 Å². The average Bonchev–Trinajstić information content (AvgIpc) is 2.38. The highest BCUT2D eigenvalue weighted by Crippen LogP contribution is 2.18. The third-order valence-corrected chi connectivity index (χ3v) is 2.89. The van der Waals surface area contributed by atoms with Crippen LogP contribution in [0.2, 0.25) is 5.02 Å². The third-order valence-electron chi connectivity index (χ3n) is 2.65. The van der Waals surface area contributed by atoms with Crippen LogP contribution in [0.25, 0.3) is 0 Å². The molecule has 3 nitrogen and oxygen atoms in total. The zero-order valence-electron chi connectivity index (χ0n) is 10.4. The molecule has 0 atom stereocenters. The van der Waals surface area contributed by atoms with E-state index in [1.165, 1.54) is 18.2 Å². The van der Waals surface area contributed by atoms with E-state index in [2.05, 4.69) is 5.32 Å². The van der Waals surface area contributed by atoms with E-state index in [-0.39, 0.29) is 23.6 Å². The van der Waals surface area contributed by atoms with Crippen molar-refractivity contribution in [1.29, 1.82) is 5.26 Å². The number of rotatable bonds is 3. The van der Waals surface area contributed by atoms with Crippen LogP contribution in [-0.4, -0.2) is 5.91 Å². The molecule has 1 N–H and O–H groups in total. The summed E-state index contributed by atoms with van der Waals surface area (Å²) >= 11 is 5.83. The molecule has 2 aromatic rings. The number of nitrogens with one attached hydrogen (secondary N) is 1. The molecule has 0 spiro atoms. The van der Waals surface area contributed by atoms with Crippen LogP contribution in [0.3, 0.4) is 0 Å². The first-order valence-electron chi connectivity index (χ1n) is 5.83. The van der Waals surface area contributed by atoms with Gasteiger partial charge in [0.05, 0.1) is 12.1 Å². The van der Waals surface area contributed by atoms with Crippen molar-refractivity contribution in [2.45, 2.75) is 6.42 Å². The SMILES string of the molecule is N#Cc1c(F)cccc1NC(=O)Cc1cccc(Cl)c1. The van der Waals surface area contributed by atoms with E-state index in [4.69, 9.17) is 16.9 Å². The molecular formula is C15H10ClFN2O. The van der Waals surface area contributed by atoms with Gasteiger partial charge in [-0.15, -0.1) is 0 Å². The zero-order chi connectivity index (χ0) is 14.5. The van der Waals surface area contributed by atoms with Gasteiger partial charge in [0.15, 0.2) is 0 Å². The molecule has 0 saturated heterocycles. The van der Waals surface area contributed by atoms with Crippen LogP contribution < -0.4 is 5.32 Å². The molecule has 0 saturated carbocycles. The highest BCUT2D eigenvalue weighted by atomic mass is 35.5. The maximum atomic E-state index is 13.4. The van der Waals surface area contributed by atoms with Crippen LogP contribution in [0.15, 0.2) is 42.5 Å². The number of anilines is 1. The molecule has 0 aliphatic heterocycles. The number of nitrogens with zero attached hydrogens (tertiary/aromatic N) is 1. The number of carbonyl (C=O) groups excluding carboxylic acids is 1. The smallest absolute Gasteiger partial charge is 0.228 e. The second kappa shape index (κ2) is 6.18. The average molecular weight is 289 g/mol. The van der Waals surface area contributed by atoms with Crippen molar-refractivity contribution in [3.05, 3.63) is 64.4 Å². The van der Waals surface area contributed by atoms with E-state index in [1.54, 1.807) is 30.3 Å². The van der Waals surface area contributed by atoms with Crippen molar-refractivity contribution >= 4 is 23.2 Å². The van der Waals surface area contributed by atoms with E-state index >= 15 is 0 Å². The van der Waals surface area contributed by atoms with E-state index in [0.717, 1.165) is 5.56 Å². The van der Waals surface area contributed by atoms with Gasteiger partial charge in [-0.2, -0.15) is 5.26 Å². The normalized spacial score (nSPS) is 9.85. The summed E-state index contributed by atoms with van der Waals surface area (Å²) in [5.74, 6) is -0.998. The summed E-state index contributed by atoms with van der Waals surface area (Å²) in [6.45, 7) is 0. The Morgan fingerprint density at radius 2 is 2.05 bits per heavy atom. The zero-order valence-corrected chi connectivity index (χ0v) is 11.1. The fourth-order valence-corrected chi connectivity index (χ4v) is 1.98. The van der Waals surface area contributed by atoms with Gasteiger partial charge in [-0.1, -0.05) is 29.8 Å². The molecule has 2 rings (SSSR count). The van der Waals surface area contributed by atoms with Crippen LogP contribution in [0.5, 0.6) is 0 Å². The first kappa shape index (κ1) is 14.0. The summed E-state index contributed by atoms with van der Waals surface area (Å²) in [4.78, 5) is 11.9. The molecule has 0 radical (unpaired) electrons. The van der Waals surface area contributed by atoms with Gasteiger partial charge in [-0.05, 0) is 29.8 Å². The number of carbonyl (C=O) groups is 1. The van der Waals surface area contributed by atoms with Crippen molar-refractivity contribution in [2.24, 2.45) is 0 Å². The molecule has 0 aliphatic carbocycles. The van der Waals surface area contributed by atoms with Crippen molar-refractivity contribution < 1.29 is 9.18 Å². The molecule has 2 aromatic carbocycles. The summed E-state index contributed by atoms with van der Waals surface area (Å²) in [7, 11) is 0. The van der Waals surface area contributed by atoms with Crippen LogP contribution in [-0.2, 0) is 11.2 Å². The van der Waals surface area contributed by atoms with Crippen LogP contribution in [0.1, 0.15) is 11.1 Å². The third kappa shape index (κ3) is 3.34. The number of amides is 1. The maximum Gasteiger partial charge on any atom is 0.228 e. The van der Waals surface area contributed by atoms with Gasteiger partial charge in [0, 0.05) is 5.02 Å². The van der Waals surface area contributed by atoms with Crippen molar-refractivity contribution in [3.8, 4) is 6.07 Å². The standard InChI is InChI=1S/C15H10ClFN2O/c16-11-4-1-3-10(7-11)8-15(20)19-14-6-2-5-13(17)12(14)9-18/h1-7H,8H2,(H,19,20). The number of hydrogen-bond donors (Lipinski definition) is 1. The molecule has 20 heavy (non-hydrogen) atoms. The summed E-state index contributed by atoms with van der Waals surface area (Å²) in [6, 6.07) is 12.7. The molecule has 100 valence electrons. The molecule has 0 aromatic heterocycles. The lowest BCUT2D eigenvalue weighted by molar-refractivity contribution is -0.115. The van der Waals surface area contributed by atoms with Crippen molar-refractivity contribution in [2.75, 3.05) is 5.32 Å². The molecule has 0 bridgehead atoms. The quantitative estimate of drug-likeness (QED) is 0.939. The van der Waals surface area contributed by atoms with Gasteiger partial charge in [0.25, 0.3) is 0 Å². The van der Waals surface area contributed by atoms with Gasteiger partial charge in [0.1, 0.15) is 17.4 Å². The summed E-state index contributed by atoms with van der Waals surface area (Å²) in [5, 5.41) is 11.9. The molecule has 1 amide bonds. The molecule has 0 fully saturated rings. The van der Waals surface area contributed by atoms with E-state index in [1.807, 2.05) is 0 Å². The second-order valence-corrected chi connectivity index (χ2v) is 4.57. The topological polar surface area (TPSA) is 52.9 Å². The Balaban J connectivity index is 2.13. The lowest BCUT2D eigenvalue weighted by Gasteiger charge is -2.07. The molecule has 0 heterocycles.